The summed E-state index contributed by atoms with van der Waals surface area (Å²) in [5, 5.41) is 0. The Morgan fingerprint density at radius 3 is 1.29 bits per heavy atom. The Morgan fingerprint density at radius 1 is 0.607 bits per heavy atom. The Bertz CT molecular complexity index is 826. The average Bonchev–Trinajstić information content (AvgIpc) is 2.72. The molecule has 0 spiro atoms. The van der Waals surface area contributed by atoms with Crippen LogP contribution >= 0.6 is 23.5 Å². The molecule has 0 bridgehead atoms. The molecule has 0 saturated carbocycles. The molecule has 28 heavy (non-hydrogen) atoms. The van der Waals surface area contributed by atoms with Crippen LogP contribution in [0.4, 0.5) is 11.4 Å². The summed E-state index contributed by atoms with van der Waals surface area (Å²) >= 11 is 3.91. The minimum Gasteiger partial charge on any atom is -0.399 e. The summed E-state index contributed by atoms with van der Waals surface area (Å²) < 4.78 is 0. The first-order chi connectivity index (χ1) is 13.6. The lowest BCUT2D eigenvalue weighted by atomic mass is 9.91. The number of thioether (sulfide) groups is 2. The van der Waals surface area contributed by atoms with Gasteiger partial charge in [0.25, 0.3) is 0 Å². The van der Waals surface area contributed by atoms with Crippen molar-refractivity contribution in [3.05, 3.63) is 71.8 Å². The summed E-state index contributed by atoms with van der Waals surface area (Å²) in [6.07, 6.45) is 0. The van der Waals surface area contributed by atoms with Gasteiger partial charge in [-0.15, -0.1) is 0 Å². The highest BCUT2D eigenvalue weighted by Gasteiger charge is 2.13. The summed E-state index contributed by atoms with van der Waals surface area (Å²) in [7, 11) is 0. The molecule has 4 heteroatoms. The van der Waals surface area contributed by atoms with Crippen LogP contribution in [-0.4, -0.2) is 11.5 Å². The third kappa shape index (κ3) is 5.06. The third-order valence-corrected chi connectivity index (χ3v) is 6.54. The molecular formula is C24H28N2S2. The molecule has 0 aliphatic heterocycles. The fourth-order valence-corrected chi connectivity index (χ4v) is 4.54. The van der Waals surface area contributed by atoms with E-state index in [0.717, 1.165) is 34.4 Å². The molecular weight excluding hydrogens is 380 g/mol. The van der Waals surface area contributed by atoms with Crippen molar-refractivity contribution in [2.45, 2.75) is 25.4 Å². The standard InChI is InChI=1S/C24H28N2S2/c1-3-27-15-19-13-24(18-7-11-22(26)12-8-18)20(16-28-4-2)14-23(19)17-5-9-21(25)10-6-17/h5-14H,3-4,15-16,25-26H2,1-2H3. The first-order valence-corrected chi connectivity index (χ1v) is 12.0. The molecule has 0 heterocycles. The first kappa shape index (κ1) is 20.7. The second-order valence-electron chi connectivity index (χ2n) is 6.68. The normalized spacial score (nSPS) is 10.9. The molecule has 4 N–H and O–H groups in total. The summed E-state index contributed by atoms with van der Waals surface area (Å²) in [6.45, 7) is 4.42. The van der Waals surface area contributed by atoms with Crippen molar-refractivity contribution in [2.75, 3.05) is 23.0 Å². The van der Waals surface area contributed by atoms with Gasteiger partial charge in [0.15, 0.2) is 0 Å². The Balaban J connectivity index is 2.15. The molecule has 146 valence electrons. The van der Waals surface area contributed by atoms with Crippen molar-refractivity contribution in [1.82, 2.24) is 0 Å². The van der Waals surface area contributed by atoms with Crippen molar-refractivity contribution < 1.29 is 0 Å². The SMILES string of the molecule is CCSCc1cc(-c2ccc(N)cc2)c(CSCC)cc1-c1ccc(N)cc1. The van der Waals surface area contributed by atoms with E-state index < -0.39 is 0 Å². The Hall–Kier alpha value is -2.04. The van der Waals surface area contributed by atoms with Gasteiger partial charge in [-0.3, -0.25) is 0 Å². The molecule has 0 aromatic heterocycles. The van der Waals surface area contributed by atoms with Gasteiger partial charge in [0.1, 0.15) is 0 Å². The number of benzene rings is 3. The van der Waals surface area contributed by atoms with E-state index in [1.54, 1.807) is 0 Å². The molecule has 3 aromatic rings. The predicted octanol–water partition coefficient (Wildman–Crippen LogP) is 6.69. The van der Waals surface area contributed by atoms with E-state index in [9.17, 15) is 0 Å². The van der Waals surface area contributed by atoms with E-state index >= 15 is 0 Å². The van der Waals surface area contributed by atoms with Gasteiger partial charge in [-0.2, -0.15) is 23.5 Å². The predicted molar refractivity (Wildman–Crippen MR) is 130 cm³/mol. The van der Waals surface area contributed by atoms with Crippen molar-refractivity contribution in [2.24, 2.45) is 0 Å². The Labute approximate surface area is 177 Å². The van der Waals surface area contributed by atoms with Crippen LogP contribution < -0.4 is 11.5 Å². The van der Waals surface area contributed by atoms with Crippen LogP contribution in [0, 0.1) is 0 Å². The van der Waals surface area contributed by atoms with Crippen LogP contribution in [0.1, 0.15) is 25.0 Å². The van der Waals surface area contributed by atoms with Crippen LogP contribution in [0.2, 0.25) is 0 Å². The molecule has 0 radical (unpaired) electrons. The number of anilines is 2. The van der Waals surface area contributed by atoms with Crippen molar-refractivity contribution in [1.29, 1.82) is 0 Å². The zero-order chi connectivity index (χ0) is 19.9. The molecule has 0 atom stereocenters. The molecule has 2 nitrogen and oxygen atoms in total. The van der Waals surface area contributed by atoms with Gasteiger partial charge in [-0.05, 0) is 81.3 Å². The van der Waals surface area contributed by atoms with Gasteiger partial charge >= 0.3 is 0 Å². The zero-order valence-corrected chi connectivity index (χ0v) is 18.2. The van der Waals surface area contributed by atoms with Gasteiger partial charge in [0.2, 0.25) is 0 Å². The van der Waals surface area contributed by atoms with E-state index in [0.29, 0.717) is 0 Å². The van der Waals surface area contributed by atoms with Crippen LogP contribution in [0.15, 0.2) is 60.7 Å². The second kappa shape index (κ2) is 9.94. The van der Waals surface area contributed by atoms with Gasteiger partial charge in [0.05, 0.1) is 0 Å². The highest BCUT2D eigenvalue weighted by atomic mass is 32.2. The number of hydrogen-bond donors (Lipinski definition) is 2. The van der Waals surface area contributed by atoms with E-state index in [4.69, 9.17) is 11.5 Å². The summed E-state index contributed by atoms with van der Waals surface area (Å²) in [4.78, 5) is 0. The van der Waals surface area contributed by atoms with Crippen molar-refractivity contribution in [3.63, 3.8) is 0 Å². The number of nitrogens with two attached hydrogens (primary N) is 2. The topological polar surface area (TPSA) is 52.0 Å². The van der Waals surface area contributed by atoms with E-state index in [1.807, 2.05) is 47.8 Å². The molecule has 0 unspecified atom stereocenters. The van der Waals surface area contributed by atoms with Gasteiger partial charge in [-0.25, -0.2) is 0 Å². The number of hydrogen-bond acceptors (Lipinski definition) is 4. The molecule has 3 aromatic carbocycles. The minimum atomic E-state index is 0.800. The van der Waals surface area contributed by atoms with E-state index in [2.05, 4.69) is 50.2 Å². The Morgan fingerprint density at radius 2 is 0.964 bits per heavy atom. The number of nitrogen functional groups attached to an aromatic ring is 2. The molecule has 3 rings (SSSR count). The summed E-state index contributed by atoms with van der Waals surface area (Å²) in [5.41, 5.74) is 21.2. The quantitative estimate of drug-likeness (QED) is 0.408. The summed E-state index contributed by atoms with van der Waals surface area (Å²) in [6, 6.07) is 21.2. The minimum absolute atomic E-state index is 0.800. The van der Waals surface area contributed by atoms with Crippen molar-refractivity contribution >= 4 is 34.9 Å². The van der Waals surface area contributed by atoms with E-state index in [1.165, 1.54) is 33.4 Å². The summed E-state index contributed by atoms with van der Waals surface area (Å²) in [5.74, 6) is 4.20. The first-order valence-electron chi connectivity index (χ1n) is 9.65. The third-order valence-electron chi connectivity index (χ3n) is 4.70. The number of rotatable bonds is 8. The van der Waals surface area contributed by atoms with E-state index in [-0.39, 0.29) is 0 Å². The van der Waals surface area contributed by atoms with Gasteiger partial charge in [-0.1, -0.05) is 38.1 Å². The van der Waals surface area contributed by atoms with Crippen LogP contribution in [-0.2, 0) is 11.5 Å². The maximum atomic E-state index is 5.91. The monoisotopic (exact) mass is 408 g/mol. The lowest BCUT2D eigenvalue weighted by Gasteiger charge is -2.17. The fraction of sp³-hybridized carbons (Fsp3) is 0.250. The highest BCUT2D eigenvalue weighted by molar-refractivity contribution is 7.98. The van der Waals surface area contributed by atoms with Gasteiger partial charge in [0, 0.05) is 22.9 Å². The van der Waals surface area contributed by atoms with Crippen LogP contribution in [0.5, 0.6) is 0 Å². The molecule has 0 aliphatic carbocycles. The highest BCUT2D eigenvalue weighted by Crippen LogP contribution is 2.36. The van der Waals surface area contributed by atoms with Crippen LogP contribution in [0.3, 0.4) is 0 Å². The average molecular weight is 409 g/mol. The smallest absolute Gasteiger partial charge is 0.0314 e. The maximum absolute atomic E-state index is 5.91. The van der Waals surface area contributed by atoms with Gasteiger partial charge < -0.3 is 11.5 Å². The molecule has 0 saturated heterocycles. The largest absolute Gasteiger partial charge is 0.399 e. The lowest BCUT2D eigenvalue weighted by Crippen LogP contribution is -1.97. The maximum Gasteiger partial charge on any atom is 0.0314 e. The molecule has 0 aliphatic rings. The zero-order valence-electron chi connectivity index (χ0n) is 16.6. The molecule has 0 fully saturated rings. The van der Waals surface area contributed by atoms with Crippen LogP contribution in [0.25, 0.3) is 22.3 Å². The second-order valence-corrected chi connectivity index (χ2v) is 9.23. The van der Waals surface area contributed by atoms with Crippen molar-refractivity contribution in [3.8, 4) is 22.3 Å². The molecule has 0 amide bonds. The Kier molecular flexibility index (Phi) is 7.35. The fourth-order valence-electron chi connectivity index (χ4n) is 3.22. The lowest BCUT2D eigenvalue weighted by molar-refractivity contribution is 1.33.